The Bertz CT molecular complexity index is 556. The minimum absolute atomic E-state index is 0.000915. The maximum absolute atomic E-state index is 13.0. The lowest BCUT2D eigenvalue weighted by molar-refractivity contribution is -0.139. The second kappa shape index (κ2) is 5.17. The van der Waals surface area contributed by atoms with Crippen LogP contribution in [0.25, 0.3) is 0 Å². The molecule has 1 aromatic carbocycles. The number of ketones is 1. The molecule has 0 aliphatic heterocycles. The molecular weight excluding hydrogens is 272 g/mol. The summed E-state index contributed by atoms with van der Waals surface area (Å²) in [5, 5.41) is 0. The zero-order valence-electron chi connectivity index (χ0n) is 13.1. The third-order valence-corrected chi connectivity index (χ3v) is 6.34. The second-order valence-corrected chi connectivity index (χ2v) is 8.02. The summed E-state index contributed by atoms with van der Waals surface area (Å²) in [4.78, 5) is 13.0. The van der Waals surface area contributed by atoms with Gasteiger partial charge in [-0.25, -0.2) is 0 Å². The van der Waals surface area contributed by atoms with E-state index in [2.05, 4.69) is 0 Å². The maximum Gasteiger partial charge on any atom is 0.155 e. The summed E-state index contributed by atoms with van der Waals surface area (Å²) in [6, 6.07) is 9.67. The Morgan fingerprint density at radius 2 is 1.77 bits per heavy atom. The van der Waals surface area contributed by atoms with E-state index in [0.29, 0.717) is 12.3 Å². The van der Waals surface area contributed by atoms with Crippen LogP contribution in [0.15, 0.2) is 30.3 Å². The van der Waals surface area contributed by atoms with E-state index in [1.165, 1.54) is 19.3 Å². The van der Waals surface area contributed by atoms with Gasteiger partial charge in [0.25, 0.3) is 0 Å². The van der Waals surface area contributed by atoms with Crippen molar-refractivity contribution >= 4 is 5.78 Å². The molecule has 3 nitrogen and oxygen atoms in total. The van der Waals surface area contributed by atoms with Crippen molar-refractivity contribution in [3.63, 3.8) is 0 Å². The lowest BCUT2D eigenvalue weighted by Crippen LogP contribution is -2.66. The molecule has 0 radical (unpaired) electrons. The molecule has 4 aliphatic carbocycles. The van der Waals surface area contributed by atoms with Gasteiger partial charge >= 0.3 is 0 Å². The lowest BCUT2D eigenvalue weighted by atomic mass is 9.47. The molecule has 1 aromatic rings. The van der Waals surface area contributed by atoms with Gasteiger partial charge in [0.1, 0.15) is 0 Å². The Labute approximate surface area is 132 Å². The summed E-state index contributed by atoms with van der Waals surface area (Å²) in [7, 11) is 0. The summed E-state index contributed by atoms with van der Waals surface area (Å²) in [6.45, 7) is 0. The standard InChI is InChI=1S/C19H26N2O/c20-16(9-12-4-2-1-3-5-12)18(22)17-15-7-13-6-14(8-15)11-19(17,21)10-13/h1-5,13-17H,6-11,20-21H2. The number of carbonyl (C=O) groups excluding carboxylic acids is 1. The summed E-state index contributed by atoms with van der Waals surface area (Å²) >= 11 is 0. The third kappa shape index (κ3) is 2.31. The van der Waals surface area contributed by atoms with Gasteiger partial charge in [0.15, 0.2) is 5.78 Å². The topological polar surface area (TPSA) is 69.1 Å². The highest BCUT2D eigenvalue weighted by molar-refractivity contribution is 5.88. The van der Waals surface area contributed by atoms with Crippen molar-refractivity contribution < 1.29 is 4.79 Å². The Kier molecular flexibility index (Phi) is 3.39. The quantitative estimate of drug-likeness (QED) is 0.896. The van der Waals surface area contributed by atoms with Gasteiger partial charge in [0.2, 0.25) is 0 Å². The first-order valence-corrected chi connectivity index (χ1v) is 8.67. The Hall–Kier alpha value is -1.19. The first kappa shape index (κ1) is 14.4. The average molecular weight is 298 g/mol. The smallest absolute Gasteiger partial charge is 0.155 e. The maximum atomic E-state index is 13.0. The fraction of sp³-hybridized carbons (Fsp3) is 0.632. The van der Waals surface area contributed by atoms with Crippen LogP contribution < -0.4 is 11.5 Å². The van der Waals surface area contributed by atoms with Gasteiger partial charge in [0.05, 0.1) is 6.04 Å². The number of hydrogen-bond acceptors (Lipinski definition) is 3. The SMILES string of the molecule is NC(Cc1ccccc1)C(=O)C1C2CC3CC(C2)CC1(N)C3. The Morgan fingerprint density at radius 1 is 1.14 bits per heavy atom. The summed E-state index contributed by atoms with van der Waals surface area (Å²) in [5.41, 5.74) is 13.9. The van der Waals surface area contributed by atoms with Crippen LogP contribution in [0.2, 0.25) is 0 Å². The second-order valence-electron chi connectivity index (χ2n) is 8.02. The summed E-state index contributed by atoms with van der Waals surface area (Å²) < 4.78 is 0. The first-order valence-electron chi connectivity index (χ1n) is 8.67. The van der Waals surface area contributed by atoms with Crippen LogP contribution in [0.4, 0.5) is 0 Å². The molecule has 4 aliphatic rings. The third-order valence-electron chi connectivity index (χ3n) is 6.34. The molecule has 3 heteroatoms. The molecular formula is C19H26N2O. The first-order chi connectivity index (χ1) is 10.5. The molecule has 0 heterocycles. The van der Waals surface area contributed by atoms with Crippen molar-refractivity contribution in [1.29, 1.82) is 0 Å². The van der Waals surface area contributed by atoms with Gasteiger partial charge in [-0.15, -0.1) is 0 Å². The van der Waals surface area contributed by atoms with Crippen molar-refractivity contribution in [1.82, 2.24) is 0 Å². The van der Waals surface area contributed by atoms with Crippen LogP contribution in [0.3, 0.4) is 0 Å². The molecule has 4 unspecified atom stereocenters. The van der Waals surface area contributed by atoms with Gasteiger partial charge in [-0.1, -0.05) is 30.3 Å². The van der Waals surface area contributed by atoms with E-state index in [1.54, 1.807) is 0 Å². The van der Waals surface area contributed by atoms with Crippen molar-refractivity contribution in [2.45, 2.75) is 50.1 Å². The van der Waals surface area contributed by atoms with Crippen LogP contribution in [0.5, 0.6) is 0 Å². The summed E-state index contributed by atoms with van der Waals surface area (Å²) in [6.07, 6.45) is 6.44. The lowest BCUT2D eigenvalue weighted by Gasteiger charge is -2.59. The van der Waals surface area contributed by atoms with Crippen molar-refractivity contribution in [2.75, 3.05) is 0 Å². The molecule has 0 spiro atoms. The number of carbonyl (C=O) groups is 1. The van der Waals surface area contributed by atoms with Crippen molar-refractivity contribution in [3.8, 4) is 0 Å². The molecule has 5 rings (SSSR count). The van der Waals surface area contributed by atoms with Crippen LogP contribution in [-0.2, 0) is 11.2 Å². The zero-order chi connectivity index (χ0) is 15.3. The molecule has 118 valence electrons. The molecule has 4 saturated carbocycles. The van der Waals surface area contributed by atoms with E-state index in [4.69, 9.17) is 11.5 Å². The molecule has 0 saturated heterocycles. The monoisotopic (exact) mass is 298 g/mol. The number of rotatable bonds is 4. The zero-order valence-corrected chi connectivity index (χ0v) is 13.1. The molecule has 4 bridgehead atoms. The normalized spacial score (nSPS) is 40.6. The molecule has 4 N–H and O–H groups in total. The van der Waals surface area contributed by atoms with Crippen molar-refractivity contribution in [3.05, 3.63) is 35.9 Å². The van der Waals surface area contributed by atoms with Crippen LogP contribution >= 0.6 is 0 Å². The fourth-order valence-electron chi connectivity index (χ4n) is 5.82. The van der Waals surface area contributed by atoms with Crippen LogP contribution in [-0.4, -0.2) is 17.4 Å². The van der Waals surface area contributed by atoms with E-state index in [1.807, 2.05) is 30.3 Å². The van der Waals surface area contributed by atoms with Gasteiger partial charge in [0, 0.05) is 11.5 Å². The number of nitrogens with two attached hydrogens (primary N) is 2. The van der Waals surface area contributed by atoms with Crippen molar-refractivity contribution in [2.24, 2.45) is 35.1 Å². The Morgan fingerprint density at radius 3 is 2.36 bits per heavy atom. The van der Waals surface area contributed by atoms with Gasteiger partial charge < -0.3 is 11.5 Å². The van der Waals surface area contributed by atoms with Crippen LogP contribution in [0.1, 0.15) is 37.7 Å². The molecule has 4 atom stereocenters. The molecule has 4 fully saturated rings. The number of benzene rings is 1. The number of Topliss-reactive ketones (excluding diaryl/α,β-unsaturated/α-hetero) is 1. The largest absolute Gasteiger partial charge is 0.324 e. The molecule has 22 heavy (non-hydrogen) atoms. The van der Waals surface area contributed by atoms with E-state index >= 15 is 0 Å². The van der Waals surface area contributed by atoms with E-state index in [9.17, 15) is 4.79 Å². The molecule has 0 amide bonds. The fourth-order valence-corrected chi connectivity index (χ4v) is 5.82. The average Bonchev–Trinajstić information content (AvgIpc) is 2.46. The van der Waals surface area contributed by atoms with Gasteiger partial charge in [-0.3, -0.25) is 4.79 Å². The van der Waals surface area contributed by atoms with E-state index in [-0.39, 0.29) is 17.2 Å². The van der Waals surface area contributed by atoms with Gasteiger partial charge in [-0.05, 0) is 61.8 Å². The molecule has 0 aromatic heterocycles. The van der Waals surface area contributed by atoms with Gasteiger partial charge in [-0.2, -0.15) is 0 Å². The predicted octanol–water partition coefficient (Wildman–Crippen LogP) is 2.28. The van der Waals surface area contributed by atoms with E-state index in [0.717, 1.165) is 30.2 Å². The van der Waals surface area contributed by atoms with E-state index < -0.39 is 6.04 Å². The summed E-state index contributed by atoms with van der Waals surface area (Å²) in [5.74, 6) is 2.23. The highest BCUT2D eigenvalue weighted by Gasteiger charge is 2.57. The minimum atomic E-state index is -0.412. The highest BCUT2D eigenvalue weighted by Crippen LogP contribution is 2.57. The minimum Gasteiger partial charge on any atom is -0.324 e. The van der Waals surface area contributed by atoms with Crippen LogP contribution in [0, 0.1) is 23.7 Å². The number of hydrogen-bond donors (Lipinski definition) is 2. The highest BCUT2D eigenvalue weighted by atomic mass is 16.1. The predicted molar refractivity (Wildman–Crippen MR) is 87.1 cm³/mol. The Balaban J connectivity index is 1.52.